The van der Waals surface area contributed by atoms with Crippen molar-refractivity contribution in [1.82, 2.24) is 0 Å². The smallest absolute Gasteiger partial charge is 0.266 e. The van der Waals surface area contributed by atoms with Crippen molar-refractivity contribution in [2.45, 2.75) is 24.6 Å². The fourth-order valence-corrected chi connectivity index (χ4v) is 7.52. The molecule has 0 spiro atoms. The van der Waals surface area contributed by atoms with Gasteiger partial charge in [0.1, 0.15) is 48.4 Å². The van der Waals surface area contributed by atoms with Crippen LogP contribution < -0.4 is 19.6 Å². The Balaban J connectivity index is 1.31. The van der Waals surface area contributed by atoms with Crippen LogP contribution in [0.2, 0.25) is 0 Å². The van der Waals surface area contributed by atoms with Crippen molar-refractivity contribution in [3.8, 4) is 28.6 Å². The van der Waals surface area contributed by atoms with Crippen LogP contribution in [0, 0.1) is 0 Å². The summed E-state index contributed by atoms with van der Waals surface area (Å²) in [7, 11) is 0. The first kappa shape index (κ1) is 30.2. The number of hydrogen-bond donors (Lipinski definition) is 0. The lowest BCUT2D eigenvalue weighted by Gasteiger charge is -2.35. The summed E-state index contributed by atoms with van der Waals surface area (Å²) in [5.74, 6) is 2.32. The molecule has 254 valence electrons. The fourth-order valence-electron chi connectivity index (χ4n) is 7.52. The first-order valence-corrected chi connectivity index (χ1v) is 17.1. The highest BCUT2D eigenvalue weighted by Gasteiger charge is 2.40. The minimum Gasteiger partial charge on any atom is -0.489 e. The van der Waals surface area contributed by atoms with Crippen molar-refractivity contribution in [2.24, 2.45) is 0 Å². The molecule has 0 N–H and O–H groups in total. The van der Waals surface area contributed by atoms with Crippen molar-refractivity contribution >= 4 is 23.1 Å². The van der Waals surface area contributed by atoms with E-state index in [1.807, 2.05) is 103 Å². The average molecular weight is 687 g/mol. The van der Waals surface area contributed by atoms with Gasteiger partial charge in [-0.25, -0.2) is 0 Å². The number of para-hydroxylation sites is 4. The van der Waals surface area contributed by atoms with Gasteiger partial charge in [0.05, 0.1) is 11.6 Å². The third kappa shape index (κ3) is 5.02. The molecule has 4 aliphatic rings. The molecule has 0 saturated heterocycles. The van der Waals surface area contributed by atoms with Gasteiger partial charge in [-0.15, -0.1) is 0 Å². The minimum absolute atomic E-state index is 0.174. The van der Waals surface area contributed by atoms with Crippen molar-refractivity contribution in [3.63, 3.8) is 0 Å². The Morgan fingerprint density at radius 2 is 1.35 bits per heavy atom. The molecule has 5 heterocycles. The second-order valence-electron chi connectivity index (χ2n) is 12.9. The summed E-state index contributed by atoms with van der Waals surface area (Å²) >= 11 is 0. The monoisotopic (exact) mass is 686 g/mol. The molecule has 4 aliphatic heterocycles. The molecule has 0 fully saturated rings. The van der Waals surface area contributed by atoms with Crippen LogP contribution in [-0.4, -0.2) is 6.61 Å². The Morgan fingerprint density at radius 3 is 2.23 bits per heavy atom. The van der Waals surface area contributed by atoms with Gasteiger partial charge < -0.3 is 32.8 Å². The predicted octanol–water partition coefficient (Wildman–Crippen LogP) is 9.73. The molecule has 52 heavy (non-hydrogen) atoms. The van der Waals surface area contributed by atoms with Crippen LogP contribution >= 0.6 is 0 Å². The Bertz CT molecular complexity index is 2520. The topological polar surface area (TPSA) is 85.6 Å². The standard InChI is InChI=1S/C44H30O8/c45-32-24-38(51-34-14-6-4-12-29(32)34)40-30(43-28-11-3-1-9-26(28)19-20-46-43)23-31(44-47-21-22-48-44)41(39-25-49-35-15-7-8-16-36(35)52-39)42(40)37-18-17-27-10-2-5-13-33(27)50-37/h1-24,37,39,43-44H,25H2. The zero-order valence-electron chi connectivity index (χ0n) is 27.6. The molecular weight excluding hydrogens is 656 g/mol. The van der Waals surface area contributed by atoms with E-state index >= 15 is 0 Å². The van der Waals surface area contributed by atoms with Crippen LogP contribution in [0.15, 0.2) is 143 Å². The van der Waals surface area contributed by atoms with E-state index < -0.39 is 24.6 Å². The van der Waals surface area contributed by atoms with Crippen LogP contribution in [0.5, 0.6) is 17.2 Å². The third-order valence-electron chi connectivity index (χ3n) is 9.83. The van der Waals surface area contributed by atoms with Crippen LogP contribution in [0.4, 0.5) is 0 Å². The maximum atomic E-state index is 13.9. The van der Waals surface area contributed by atoms with Crippen molar-refractivity contribution < 1.29 is 32.8 Å². The van der Waals surface area contributed by atoms with Crippen LogP contribution in [0.3, 0.4) is 0 Å². The summed E-state index contributed by atoms with van der Waals surface area (Å²) in [6.45, 7) is 0.191. The van der Waals surface area contributed by atoms with Gasteiger partial charge in [-0.3, -0.25) is 4.79 Å². The summed E-state index contributed by atoms with van der Waals surface area (Å²) in [6, 6.07) is 34.4. The first-order valence-electron chi connectivity index (χ1n) is 17.1. The highest BCUT2D eigenvalue weighted by Crippen LogP contribution is 2.51. The molecule has 0 bridgehead atoms. The van der Waals surface area contributed by atoms with E-state index in [1.165, 1.54) is 12.5 Å². The molecule has 8 heteroatoms. The van der Waals surface area contributed by atoms with Gasteiger partial charge >= 0.3 is 0 Å². The van der Waals surface area contributed by atoms with Crippen molar-refractivity contribution in [1.29, 1.82) is 0 Å². The van der Waals surface area contributed by atoms with Crippen LogP contribution in [0.1, 0.15) is 63.5 Å². The summed E-state index contributed by atoms with van der Waals surface area (Å²) in [4.78, 5) is 13.9. The Morgan fingerprint density at radius 1 is 0.596 bits per heavy atom. The maximum absolute atomic E-state index is 13.9. The van der Waals surface area contributed by atoms with E-state index in [0.717, 1.165) is 27.8 Å². The molecule has 5 aromatic carbocycles. The van der Waals surface area contributed by atoms with Gasteiger partial charge in [-0.1, -0.05) is 72.8 Å². The highest BCUT2D eigenvalue weighted by atomic mass is 16.7. The van der Waals surface area contributed by atoms with E-state index in [2.05, 4.69) is 6.07 Å². The quantitative estimate of drug-likeness (QED) is 0.177. The molecular formula is C44H30O8. The Labute approximate surface area is 298 Å². The maximum Gasteiger partial charge on any atom is 0.266 e. The second-order valence-corrected chi connectivity index (χ2v) is 12.9. The average Bonchev–Trinajstić information content (AvgIpc) is 3.75. The molecule has 0 radical (unpaired) electrons. The Hall–Kier alpha value is -6.67. The zero-order valence-corrected chi connectivity index (χ0v) is 27.6. The van der Waals surface area contributed by atoms with Gasteiger partial charge in [0.15, 0.2) is 23.0 Å². The van der Waals surface area contributed by atoms with E-state index in [-0.39, 0.29) is 12.0 Å². The second kappa shape index (κ2) is 12.3. The summed E-state index contributed by atoms with van der Waals surface area (Å²) in [6.07, 6.45) is 8.04. The van der Waals surface area contributed by atoms with Gasteiger partial charge in [-0.2, -0.15) is 0 Å². The molecule has 8 nitrogen and oxygen atoms in total. The molecule has 6 aromatic rings. The molecule has 3 unspecified atom stereocenters. The van der Waals surface area contributed by atoms with Gasteiger partial charge in [0.2, 0.25) is 0 Å². The van der Waals surface area contributed by atoms with Crippen LogP contribution in [-0.2, 0) is 14.2 Å². The normalized spacial score (nSPS) is 19.6. The number of hydrogen-bond acceptors (Lipinski definition) is 8. The number of benzene rings is 5. The predicted molar refractivity (Wildman–Crippen MR) is 195 cm³/mol. The zero-order chi connectivity index (χ0) is 34.6. The molecule has 0 amide bonds. The fraction of sp³-hybridized carbons (Fsp3) is 0.114. The minimum atomic E-state index is -0.819. The number of rotatable bonds is 5. The molecule has 1 aromatic heterocycles. The Kier molecular flexibility index (Phi) is 7.13. The number of fused-ring (bicyclic) bond motifs is 4. The summed E-state index contributed by atoms with van der Waals surface area (Å²) in [5, 5.41) is 0.482. The van der Waals surface area contributed by atoms with Crippen molar-refractivity contribution in [2.75, 3.05) is 6.61 Å². The van der Waals surface area contributed by atoms with Gasteiger partial charge in [0.25, 0.3) is 6.29 Å². The number of ether oxygens (including phenoxy) is 6. The lowest BCUT2D eigenvalue weighted by Crippen LogP contribution is -2.28. The van der Waals surface area contributed by atoms with Crippen LogP contribution in [0.25, 0.3) is 34.4 Å². The molecule has 0 saturated carbocycles. The van der Waals surface area contributed by atoms with E-state index in [1.54, 1.807) is 24.5 Å². The molecule has 10 rings (SSSR count). The van der Waals surface area contributed by atoms with Gasteiger partial charge in [0, 0.05) is 45.0 Å². The molecule has 3 atom stereocenters. The van der Waals surface area contributed by atoms with E-state index in [9.17, 15) is 4.79 Å². The molecule has 0 aliphatic carbocycles. The third-order valence-corrected chi connectivity index (χ3v) is 9.83. The largest absolute Gasteiger partial charge is 0.489 e. The lowest BCUT2D eigenvalue weighted by atomic mass is 9.80. The van der Waals surface area contributed by atoms with Gasteiger partial charge in [-0.05, 0) is 54.1 Å². The highest BCUT2D eigenvalue weighted by molar-refractivity contribution is 5.81. The first-order chi connectivity index (χ1) is 25.7. The lowest BCUT2D eigenvalue weighted by molar-refractivity contribution is -0.0278. The summed E-state index contributed by atoms with van der Waals surface area (Å²) < 4.78 is 45.4. The van der Waals surface area contributed by atoms with Crippen molar-refractivity contribution in [3.05, 3.63) is 183 Å². The van der Waals surface area contributed by atoms with E-state index in [0.29, 0.717) is 50.7 Å². The SMILES string of the molecule is O=c1cc(-c2c(C3OC=Cc4ccccc43)cc(C3OC=CO3)c(C3COc4ccccc4O3)c2C2C=Cc3ccccc3O2)oc2ccccc12. The summed E-state index contributed by atoms with van der Waals surface area (Å²) in [5.41, 5.74) is 6.69. The van der Waals surface area contributed by atoms with E-state index in [4.69, 9.17) is 32.8 Å².